The molecule has 8 heteroatoms. The normalized spacial score (nSPS) is 12.8. The van der Waals surface area contributed by atoms with Crippen molar-refractivity contribution >= 4 is 15.9 Å². The fourth-order valence-electron chi connectivity index (χ4n) is 2.11. The number of nitrogens with one attached hydrogen (secondary N) is 2. The van der Waals surface area contributed by atoms with Crippen molar-refractivity contribution < 1.29 is 13.2 Å². The predicted molar refractivity (Wildman–Crippen MR) is 95.5 cm³/mol. The molecule has 25 heavy (non-hydrogen) atoms. The van der Waals surface area contributed by atoms with Crippen LogP contribution in [0.2, 0.25) is 0 Å². The van der Waals surface area contributed by atoms with Gasteiger partial charge < -0.3 is 5.32 Å². The van der Waals surface area contributed by atoms with Gasteiger partial charge in [-0.15, -0.1) is 0 Å². The topological polar surface area (TPSA) is 93.1 Å². The number of amides is 1. The second-order valence-electron chi connectivity index (χ2n) is 6.09. The van der Waals surface area contributed by atoms with Gasteiger partial charge in [0.05, 0.1) is 11.1 Å². The van der Waals surface area contributed by atoms with Crippen molar-refractivity contribution in [3.8, 4) is 0 Å². The number of carbonyl (C=O) groups excluding carboxylic acids is 1. The first kappa shape index (κ1) is 19.1. The van der Waals surface area contributed by atoms with Crippen LogP contribution in [0, 0.1) is 5.92 Å². The zero-order chi connectivity index (χ0) is 18.4. The maximum Gasteiger partial charge on any atom is 0.251 e. The Kier molecular flexibility index (Phi) is 6.33. The van der Waals surface area contributed by atoms with Crippen molar-refractivity contribution in [2.24, 2.45) is 13.0 Å². The molecule has 0 saturated carbocycles. The minimum Gasteiger partial charge on any atom is -0.348 e. The molecule has 1 amide bonds. The highest BCUT2D eigenvalue weighted by atomic mass is 32.2. The maximum absolute atomic E-state index is 12.2. The lowest BCUT2D eigenvalue weighted by molar-refractivity contribution is 0.0951. The van der Waals surface area contributed by atoms with E-state index in [0.29, 0.717) is 18.7 Å². The van der Waals surface area contributed by atoms with Crippen molar-refractivity contribution in [2.45, 2.75) is 31.7 Å². The van der Waals surface area contributed by atoms with E-state index < -0.39 is 10.0 Å². The van der Waals surface area contributed by atoms with E-state index in [1.807, 2.05) is 20.0 Å². The summed E-state index contributed by atoms with van der Waals surface area (Å²) in [5.74, 6) is 0.00710. The van der Waals surface area contributed by atoms with E-state index in [2.05, 4.69) is 15.1 Å². The van der Waals surface area contributed by atoms with Crippen molar-refractivity contribution in [1.82, 2.24) is 19.8 Å². The number of aromatic nitrogens is 2. The van der Waals surface area contributed by atoms with Crippen molar-refractivity contribution in [3.05, 3.63) is 47.8 Å². The van der Waals surface area contributed by atoms with Gasteiger partial charge in [-0.2, -0.15) is 5.10 Å². The molecule has 2 N–H and O–H groups in total. The summed E-state index contributed by atoms with van der Waals surface area (Å²) < 4.78 is 28.7. The Bertz CT molecular complexity index is 813. The molecule has 0 fully saturated rings. The van der Waals surface area contributed by atoms with E-state index >= 15 is 0 Å². The Balaban J connectivity index is 1.97. The zero-order valence-electron chi connectivity index (χ0n) is 14.7. The molecule has 1 atom stereocenters. The Morgan fingerprint density at radius 3 is 2.52 bits per heavy atom. The smallest absolute Gasteiger partial charge is 0.251 e. The molecule has 0 radical (unpaired) electrons. The van der Waals surface area contributed by atoms with Gasteiger partial charge in [0.25, 0.3) is 5.91 Å². The summed E-state index contributed by atoms with van der Waals surface area (Å²) in [6.07, 6.45) is 4.40. The minimum absolute atomic E-state index is 0.152. The summed E-state index contributed by atoms with van der Waals surface area (Å²) in [5, 5.41) is 6.81. The van der Waals surface area contributed by atoms with Gasteiger partial charge in [-0.25, -0.2) is 13.1 Å². The zero-order valence-corrected chi connectivity index (χ0v) is 15.5. The number of hydrogen-bond donors (Lipinski definition) is 2. The van der Waals surface area contributed by atoms with Gasteiger partial charge in [0.2, 0.25) is 10.0 Å². The van der Waals surface area contributed by atoms with Crippen LogP contribution < -0.4 is 10.0 Å². The molecule has 0 saturated heterocycles. The minimum atomic E-state index is -3.55. The fourth-order valence-corrected chi connectivity index (χ4v) is 3.28. The van der Waals surface area contributed by atoms with Gasteiger partial charge in [-0.05, 0) is 30.2 Å². The van der Waals surface area contributed by atoms with E-state index in [1.54, 1.807) is 17.9 Å². The van der Waals surface area contributed by atoms with E-state index in [0.717, 1.165) is 12.0 Å². The first-order chi connectivity index (χ1) is 11.8. The summed E-state index contributed by atoms with van der Waals surface area (Å²) in [4.78, 5) is 12.3. The molecule has 7 nitrogen and oxygen atoms in total. The lowest BCUT2D eigenvalue weighted by Gasteiger charge is -2.11. The largest absolute Gasteiger partial charge is 0.348 e. The van der Waals surface area contributed by atoms with Gasteiger partial charge in [0.1, 0.15) is 0 Å². The highest BCUT2D eigenvalue weighted by molar-refractivity contribution is 7.89. The lowest BCUT2D eigenvalue weighted by Crippen LogP contribution is -2.28. The number of carbonyl (C=O) groups is 1. The van der Waals surface area contributed by atoms with Crippen LogP contribution in [0.4, 0.5) is 0 Å². The molecular formula is C17H24N4O3S. The van der Waals surface area contributed by atoms with Gasteiger partial charge in [-0.3, -0.25) is 9.48 Å². The third kappa shape index (κ3) is 5.40. The lowest BCUT2D eigenvalue weighted by atomic mass is 10.1. The van der Waals surface area contributed by atoms with E-state index in [9.17, 15) is 13.2 Å². The molecule has 2 rings (SSSR count). The van der Waals surface area contributed by atoms with Crippen LogP contribution in [-0.2, 0) is 23.6 Å². The Hall–Kier alpha value is -2.19. The Morgan fingerprint density at radius 1 is 1.28 bits per heavy atom. The Labute approximate surface area is 148 Å². The second-order valence-corrected chi connectivity index (χ2v) is 7.86. The third-order valence-corrected chi connectivity index (χ3v) is 5.40. The van der Waals surface area contributed by atoms with E-state index in [1.165, 1.54) is 24.3 Å². The van der Waals surface area contributed by atoms with Crippen molar-refractivity contribution in [2.75, 3.05) is 6.54 Å². The summed E-state index contributed by atoms with van der Waals surface area (Å²) in [6, 6.07) is 5.91. The van der Waals surface area contributed by atoms with E-state index in [4.69, 9.17) is 0 Å². The van der Waals surface area contributed by atoms with Crippen LogP contribution in [0.25, 0.3) is 0 Å². The average Bonchev–Trinajstić information content (AvgIpc) is 3.03. The van der Waals surface area contributed by atoms with Gasteiger partial charge >= 0.3 is 0 Å². The fraction of sp³-hybridized carbons (Fsp3) is 0.412. The average molecular weight is 364 g/mol. The number of sulfonamides is 1. The molecule has 1 aromatic heterocycles. The molecule has 0 spiro atoms. The first-order valence-corrected chi connectivity index (χ1v) is 9.65. The number of hydrogen-bond acceptors (Lipinski definition) is 4. The first-order valence-electron chi connectivity index (χ1n) is 8.17. The van der Waals surface area contributed by atoms with Crippen LogP contribution in [0.5, 0.6) is 0 Å². The number of benzene rings is 1. The van der Waals surface area contributed by atoms with Crippen LogP contribution in [-0.4, -0.2) is 30.7 Å². The highest BCUT2D eigenvalue weighted by Crippen LogP contribution is 2.11. The summed E-state index contributed by atoms with van der Waals surface area (Å²) in [7, 11) is -1.75. The highest BCUT2D eigenvalue weighted by Gasteiger charge is 2.15. The maximum atomic E-state index is 12.2. The molecule has 0 aliphatic carbocycles. The monoisotopic (exact) mass is 364 g/mol. The molecule has 2 aromatic rings. The number of nitrogens with zero attached hydrogens (tertiary/aromatic N) is 2. The SMILES string of the molecule is CC[C@H](C)CNS(=O)(=O)c1ccc(C(=O)NCc2cnn(C)c2)cc1. The molecule has 0 bridgehead atoms. The molecular weight excluding hydrogens is 340 g/mol. The predicted octanol–water partition coefficient (Wildman–Crippen LogP) is 1.67. The van der Waals surface area contributed by atoms with Gasteiger partial charge in [0, 0.05) is 37.5 Å². The molecule has 1 heterocycles. The summed E-state index contributed by atoms with van der Waals surface area (Å²) in [6.45, 7) is 4.76. The summed E-state index contributed by atoms with van der Waals surface area (Å²) in [5.41, 5.74) is 1.30. The molecule has 0 unspecified atom stereocenters. The molecule has 136 valence electrons. The number of rotatable bonds is 8. The van der Waals surface area contributed by atoms with Crippen molar-refractivity contribution in [1.29, 1.82) is 0 Å². The second kappa shape index (κ2) is 8.26. The van der Waals surface area contributed by atoms with Crippen LogP contribution in [0.15, 0.2) is 41.6 Å². The van der Waals surface area contributed by atoms with Gasteiger partial charge in [0.15, 0.2) is 0 Å². The van der Waals surface area contributed by atoms with E-state index in [-0.39, 0.29) is 16.7 Å². The molecule has 1 aromatic carbocycles. The Morgan fingerprint density at radius 2 is 1.96 bits per heavy atom. The van der Waals surface area contributed by atoms with Crippen molar-refractivity contribution in [3.63, 3.8) is 0 Å². The summed E-state index contributed by atoms with van der Waals surface area (Å²) >= 11 is 0. The van der Waals surface area contributed by atoms with Crippen LogP contribution in [0.1, 0.15) is 36.2 Å². The van der Waals surface area contributed by atoms with Crippen LogP contribution in [0.3, 0.4) is 0 Å². The van der Waals surface area contributed by atoms with Crippen LogP contribution >= 0.6 is 0 Å². The quantitative estimate of drug-likeness (QED) is 0.745. The molecule has 0 aliphatic heterocycles. The standard InChI is InChI=1S/C17H24N4O3S/c1-4-13(2)9-20-25(23,24)16-7-5-15(6-8-16)17(22)18-10-14-11-19-21(3)12-14/h5-8,11-13,20H,4,9-10H2,1-3H3,(H,18,22)/t13-/m0/s1. The van der Waals surface area contributed by atoms with Gasteiger partial charge in [-0.1, -0.05) is 20.3 Å². The number of aryl methyl sites for hydroxylation is 1. The molecule has 0 aliphatic rings. The third-order valence-electron chi connectivity index (χ3n) is 3.96.